The Morgan fingerprint density at radius 1 is 1.28 bits per heavy atom. The van der Waals surface area contributed by atoms with Crippen LogP contribution in [0.2, 0.25) is 0 Å². The van der Waals surface area contributed by atoms with E-state index in [4.69, 9.17) is 4.74 Å². The Morgan fingerprint density at radius 3 is 3.08 bits per heavy atom. The molecule has 1 heterocycles. The number of benzene rings is 2. The number of ether oxygens (including phenoxy) is 1. The van der Waals surface area contributed by atoms with Crippen LogP contribution in [0, 0.1) is 0 Å². The van der Waals surface area contributed by atoms with Gasteiger partial charge < -0.3 is 10.1 Å². The van der Waals surface area contributed by atoms with Crippen LogP contribution in [-0.2, 0) is 11.2 Å². The van der Waals surface area contributed by atoms with Crippen molar-refractivity contribution in [3.05, 3.63) is 66.2 Å². The molecule has 0 aliphatic carbocycles. The molecule has 25 heavy (non-hydrogen) atoms. The third-order valence-corrected chi connectivity index (χ3v) is 4.49. The molecule has 0 unspecified atom stereocenters. The van der Waals surface area contributed by atoms with E-state index in [1.807, 2.05) is 48.5 Å². The van der Waals surface area contributed by atoms with Crippen LogP contribution in [0.4, 0.5) is 5.69 Å². The van der Waals surface area contributed by atoms with Crippen LogP contribution in [0.5, 0.6) is 5.75 Å². The SMILES string of the molecule is C=CCCCOc1cccc(CC(=O)Nc2ccc3ncsc3c2)c1. The van der Waals surface area contributed by atoms with Crippen molar-refractivity contribution in [2.75, 3.05) is 11.9 Å². The number of fused-ring (bicyclic) bond motifs is 1. The van der Waals surface area contributed by atoms with Gasteiger partial charge in [-0.1, -0.05) is 18.2 Å². The van der Waals surface area contributed by atoms with Crippen LogP contribution in [0.25, 0.3) is 10.2 Å². The molecule has 0 radical (unpaired) electrons. The molecule has 0 saturated carbocycles. The fourth-order valence-corrected chi connectivity index (χ4v) is 3.20. The largest absolute Gasteiger partial charge is 0.494 e. The van der Waals surface area contributed by atoms with Crippen LogP contribution < -0.4 is 10.1 Å². The number of aromatic nitrogens is 1. The van der Waals surface area contributed by atoms with Gasteiger partial charge in [0.15, 0.2) is 0 Å². The molecule has 128 valence electrons. The first kappa shape index (κ1) is 17.2. The molecule has 0 bridgehead atoms. The van der Waals surface area contributed by atoms with E-state index >= 15 is 0 Å². The fraction of sp³-hybridized carbons (Fsp3) is 0.200. The summed E-state index contributed by atoms with van der Waals surface area (Å²) in [5, 5.41) is 2.94. The molecule has 3 rings (SSSR count). The van der Waals surface area contributed by atoms with Crippen LogP contribution >= 0.6 is 11.3 Å². The number of thiazole rings is 1. The third kappa shape index (κ3) is 4.90. The van der Waals surface area contributed by atoms with E-state index in [9.17, 15) is 4.79 Å². The average molecular weight is 352 g/mol. The number of unbranched alkanes of at least 4 members (excludes halogenated alkanes) is 1. The molecule has 1 aromatic heterocycles. The zero-order valence-electron chi connectivity index (χ0n) is 13.9. The number of allylic oxidation sites excluding steroid dienone is 1. The summed E-state index contributed by atoms with van der Waals surface area (Å²) in [6.45, 7) is 4.35. The van der Waals surface area contributed by atoms with Crippen LogP contribution in [0.3, 0.4) is 0 Å². The van der Waals surface area contributed by atoms with E-state index in [-0.39, 0.29) is 5.91 Å². The summed E-state index contributed by atoms with van der Waals surface area (Å²) in [5.41, 5.74) is 4.47. The van der Waals surface area contributed by atoms with Crippen molar-refractivity contribution < 1.29 is 9.53 Å². The minimum Gasteiger partial charge on any atom is -0.494 e. The lowest BCUT2D eigenvalue weighted by molar-refractivity contribution is -0.115. The summed E-state index contributed by atoms with van der Waals surface area (Å²) in [5.74, 6) is 0.744. The van der Waals surface area contributed by atoms with E-state index in [0.717, 1.165) is 40.1 Å². The molecule has 0 spiro atoms. The first-order valence-corrected chi connectivity index (χ1v) is 9.08. The smallest absolute Gasteiger partial charge is 0.228 e. The Balaban J connectivity index is 1.57. The molecule has 0 fully saturated rings. The number of carbonyl (C=O) groups excluding carboxylic acids is 1. The van der Waals surface area contributed by atoms with E-state index in [0.29, 0.717) is 13.0 Å². The Kier molecular flexibility index (Phi) is 5.80. The predicted molar refractivity (Wildman–Crippen MR) is 103 cm³/mol. The van der Waals surface area contributed by atoms with Gasteiger partial charge in [-0.25, -0.2) is 4.98 Å². The first-order chi connectivity index (χ1) is 12.2. The molecule has 3 aromatic rings. The number of hydrogen-bond acceptors (Lipinski definition) is 4. The molecule has 2 aromatic carbocycles. The number of carbonyl (C=O) groups is 1. The highest BCUT2D eigenvalue weighted by Gasteiger charge is 2.07. The maximum Gasteiger partial charge on any atom is 0.228 e. The highest BCUT2D eigenvalue weighted by Crippen LogP contribution is 2.22. The van der Waals surface area contributed by atoms with Crippen LogP contribution in [-0.4, -0.2) is 17.5 Å². The molecule has 0 aliphatic rings. The summed E-state index contributed by atoms with van der Waals surface area (Å²) < 4.78 is 6.77. The summed E-state index contributed by atoms with van der Waals surface area (Å²) >= 11 is 1.56. The Hall–Kier alpha value is -2.66. The zero-order chi connectivity index (χ0) is 17.5. The monoisotopic (exact) mass is 352 g/mol. The van der Waals surface area contributed by atoms with Crippen molar-refractivity contribution in [3.63, 3.8) is 0 Å². The minimum atomic E-state index is -0.0485. The van der Waals surface area contributed by atoms with Gasteiger partial charge in [-0.2, -0.15) is 0 Å². The number of hydrogen-bond donors (Lipinski definition) is 1. The summed E-state index contributed by atoms with van der Waals surface area (Å²) in [7, 11) is 0. The molecule has 5 heteroatoms. The molecule has 4 nitrogen and oxygen atoms in total. The van der Waals surface area contributed by atoms with Crippen molar-refractivity contribution in [2.45, 2.75) is 19.3 Å². The van der Waals surface area contributed by atoms with Gasteiger partial charge in [0.05, 0.1) is 28.8 Å². The lowest BCUT2D eigenvalue weighted by Crippen LogP contribution is -2.14. The second-order valence-electron chi connectivity index (χ2n) is 5.69. The molecule has 0 saturated heterocycles. The van der Waals surface area contributed by atoms with Crippen LogP contribution in [0.15, 0.2) is 60.6 Å². The summed E-state index contributed by atoms with van der Waals surface area (Å²) in [6.07, 6.45) is 4.07. The van der Waals surface area contributed by atoms with Gasteiger partial charge in [0.1, 0.15) is 5.75 Å². The highest BCUT2D eigenvalue weighted by molar-refractivity contribution is 7.16. The number of amides is 1. The standard InChI is InChI=1S/C20H20N2O2S/c1-2-3-4-10-24-17-7-5-6-15(11-17)12-20(23)22-16-8-9-18-19(13-16)25-14-21-18/h2,5-9,11,13-14H,1,3-4,10,12H2,(H,22,23). The molecule has 0 atom stereocenters. The van der Waals surface area contributed by atoms with Crippen molar-refractivity contribution in [3.8, 4) is 5.75 Å². The van der Waals surface area contributed by atoms with Gasteiger partial charge in [-0.15, -0.1) is 17.9 Å². The van der Waals surface area contributed by atoms with Gasteiger partial charge in [0.2, 0.25) is 5.91 Å². The van der Waals surface area contributed by atoms with E-state index in [2.05, 4.69) is 16.9 Å². The minimum absolute atomic E-state index is 0.0485. The Bertz CT molecular complexity index is 873. The summed E-state index contributed by atoms with van der Waals surface area (Å²) in [6, 6.07) is 13.4. The van der Waals surface area contributed by atoms with Crippen molar-refractivity contribution in [1.82, 2.24) is 4.98 Å². The normalized spacial score (nSPS) is 10.6. The quantitative estimate of drug-likeness (QED) is 0.467. The topological polar surface area (TPSA) is 51.2 Å². The maximum atomic E-state index is 12.3. The summed E-state index contributed by atoms with van der Waals surface area (Å²) in [4.78, 5) is 16.5. The fourth-order valence-electron chi connectivity index (χ4n) is 2.49. The predicted octanol–water partition coefficient (Wildman–Crippen LogP) is 4.82. The van der Waals surface area contributed by atoms with Gasteiger partial charge in [-0.05, 0) is 48.7 Å². The van der Waals surface area contributed by atoms with Crippen molar-refractivity contribution in [1.29, 1.82) is 0 Å². The second-order valence-corrected chi connectivity index (χ2v) is 6.57. The van der Waals surface area contributed by atoms with Gasteiger partial charge in [-0.3, -0.25) is 4.79 Å². The number of nitrogens with zero attached hydrogens (tertiary/aromatic N) is 1. The van der Waals surface area contributed by atoms with Gasteiger partial charge in [0, 0.05) is 5.69 Å². The lowest BCUT2D eigenvalue weighted by atomic mass is 10.1. The lowest BCUT2D eigenvalue weighted by Gasteiger charge is -2.08. The first-order valence-electron chi connectivity index (χ1n) is 8.20. The molecule has 1 amide bonds. The second kappa shape index (κ2) is 8.44. The average Bonchev–Trinajstić information content (AvgIpc) is 3.07. The maximum absolute atomic E-state index is 12.3. The van der Waals surface area contributed by atoms with Gasteiger partial charge in [0.25, 0.3) is 0 Å². The van der Waals surface area contributed by atoms with E-state index in [1.165, 1.54) is 0 Å². The number of anilines is 1. The number of nitrogens with one attached hydrogen (secondary N) is 1. The molecular weight excluding hydrogens is 332 g/mol. The van der Waals surface area contributed by atoms with Gasteiger partial charge >= 0.3 is 0 Å². The Labute approximate surface area is 151 Å². The molecule has 0 aliphatic heterocycles. The van der Waals surface area contributed by atoms with E-state index in [1.54, 1.807) is 16.8 Å². The molecular formula is C20H20N2O2S. The van der Waals surface area contributed by atoms with E-state index < -0.39 is 0 Å². The highest BCUT2D eigenvalue weighted by atomic mass is 32.1. The number of rotatable bonds is 8. The third-order valence-electron chi connectivity index (χ3n) is 3.70. The van der Waals surface area contributed by atoms with Crippen LogP contribution in [0.1, 0.15) is 18.4 Å². The Morgan fingerprint density at radius 2 is 2.20 bits per heavy atom. The van der Waals surface area contributed by atoms with Crippen molar-refractivity contribution >= 4 is 33.1 Å². The molecule has 1 N–H and O–H groups in total. The zero-order valence-corrected chi connectivity index (χ0v) is 14.7. The van der Waals surface area contributed by atoms with Crippen molar-refractivity contribution in [2.24, 2.45) is 0 Å².